The number of carbonyl (C=O) groups is 3. The summed E-state index contributed by atoms with van der Waals surface area (Å²) >= 11 is 2.69. The second kappa shape index (κ2) is 21.5. The van der Waals surface area contributed by atoms with Gasteiger partial charge in [-0.3, -0.25) is 9.59 Å². The molecule has 0 unspecified atom stereocenters. The van der Waals surface area contributed by atoms with Crippen molar-refractivity contribution in [1.29, 1.82) is 0 Å². The van der Waals surface area contributed by atoms with Crippen LogP contribution in [0.3, 0.4) is 0 Å². The summed E-state index contributed by atoms with van der Waals surface area (Å²) in [5.41, 5.74) is 7.45. The molecule has 0 radical (unpaired) electrons. The molecule has 0 bridgehead atoms. The van der Waals surface area contributed by atoms with E-state index in [0.29, 0.717) is 67.0 Å². The Labute approximate surface area is 384 Å². The van der Waals surface area contributed by atoms with Crippen LogP contribution in [0.1, 0.15) is 97.7 Å². The average molecular weight is 889 g/mol. The van der Waals surface area contributed by atoms with Gasteiger partial charge in [0.25, 0.3) is 0 Å². The Balaban J connectivity index is 1.23. The van der Waals surface area contributed by atoms with E-state index in [-0.39, 0.29) is 43.2 Å². The molecule has 8 nitrogen and oxygen atoms in total. The Morgan fingerprint density at radius 3 is 1.55 bits per heavy atom. The molecule has 0 fully saturated rings. The predicted octanol–water partition coefficient (Wildman–Crippen LogP) is 13.2. The fraction of sp³-hybridized carbons (Fsp3) is 0.204. The summed E-state index contributed by atoms with van der Waals surface area (Å²) in [4.78, 5) is 58.3. The number of esters is 1. The van der Waals surface area contributed by atoms with Crippen molar-refractivity contribution >= 4 is 64.6 Å². The molecule has 6 aromatic carbocycles. The summed E-state index contributed by atoms with van der Waals surface area (Å²) in [6.07, 6.45) is 3.55. The van der Waals surface area contributed by atoms with Crippen molar-refractivity contribution in [2.24, 2.45) is 11.8 Å². The van der Waals surface area contributed by atoms with Crippen LogP contribution in [0, 0.1) is 11.8 Å². The molecule has 0 spiro atoms. The highest BCUT2D eigenvalue weighted by atomic mass is 32.2. The molecule has 10 heteroatoms. The van der Waals surface area contributed by atoms with Gasteiger partial charge in [-0.15, -0.1) is 0 Å². The first-order valence-corrected chi connectivity index (χ1v) is 23.0. The molecule has 1 aliphatic carbocycles. The first kappa shape index (κ1) is 45.8. The van der Waals surface area contributed by atoms with Gasteiger partial charge < -0.3 is 15.4 Å². The summed E-state index contributed by atoms with van der Waals surface area (Å²) in [6.45, 7) is 17.7. The molecule has 0 amide bonds. The topological polar surface area (TPSA) is 103 Å². The Bertz CT molecular complexity index is 2670. The number of carbonyl (C=O) groups excluding carboxylic acids is 3. The molecule has 0 aromatic heterocycles. The third-order valence-electron chi connectivity index (χ3n) is 10.5. The first-order valence-electron chi connectivity index (χ1n) is 21.3. The monoisotopic (exact) mass is 888 g/mol. The maximum absolute atomic E-state index is 15.4. The lowest BCUT2D eigenvalue weighted by Gasteiger charge is -2.27. The molecular weight excluding hydrogens is 837 g/mol. The van der Waals surface area contributed by atoms with E-state index in [2.05, 4.69) is 51.5 Å². The second-order valence-electron chi connectivity index (χ2n) is 16.2. The predicted molar refractivity (Wildman–Crippen MR) is 259 cm³/mol. The molecule has 0 atom stereocenters. The SMILES string of the molecule is C=Cc1ccc(COOCc2ccccc2Sc2ccc(NCC(C)C)c3c2C(=O)c2c(NCC(C)C)ccc(Sc4ccccc4C(=O)OCc4ccc(C=C)cc4)c2C3=O)cc1. The molecule has 0 aliphatic heterocycles. The standard InChI is InChI=1S/C54H52N2O6S2/c1-7-36-17-21-38(22-18-36)31-60-54(59)41-14-10-12-16-45(41)64-47-28-26-43(56-30-35(5)6)49-51(47)53(58)48-42(55-29-34(3)4)25-27-46(50(48)52(49)57)63-44-15-11-9-13-40(44)33-62-61-32-39-23-19-37(8-2)20-24-39/h7-28,34-35,55-56H,1-2,29-33H2,3-6H3. The molecule has 0 saturated heterocycles. The van der Waals surface area contributed by atoms with Gasteiger partial charge in [0.05, 0.1) is 16.7 Å². The number of benzene rings is 6. The van der Waals surface area contributed by atoms with Crippen LogP contribution < -0.4 is 10.6 Å². The van der Waals surface area contributed by atoms with Crippen molar-refractivity contribution in [2.75, 3.05) is 23.7 Å². The van der Waals surface area contributed by atoms with Gasteiger partial charge in [-0.05, 0) is 82.1 Å². The van der Waals surface area contributed by atoms with E-state index in [1.165, 1.54) is 23.5 Å². The average Bonchev–Trinajstić information content (AvgIpc) is 3.31. The van der Waals surface area contributed by atoms with Crippen LogP contribution in [0.4, 0.5) is 11.4 Å². The van der Waals surface area contributed by atoms with Crippen molar-refractivity contribution in [3.63, 3.8) is 0 Å². The van der Waals surface area contributed by atoms with Gasteiger partial charge in [-0.2, -0.15) is 0 Å². The fourth-order valence-corrected chi connectivity index (χ4v) is 9.21. The summed E-state index contributed by atoms with van der Waals surface area (Å²) in [5.74, 6) is -0.493. The second-order valence-corrected chi connectivity index (χ2v) is 18.4. The van der Waals surface area contributed by atoms with Crippen molar-refractivity contribution in [2.45, 2.75) is 67.1 Å². The van der Waals surface area contributed by atoms with E-state index in [1.54, 1.807) is 24.3 Å². The molecule has 64 heavy (non-hydrogen) atoms. The zero-order valence-corrected chi connectivity index (χ0v) is 38.2. The minimum Gasteiger partial charge on any atom is -0.457 e. The summed E-state index contributed by atoms with van der Waals surface area (Å²) in [7, 11) is 0. The Morgan fingerprint density at radius 1 is 0.547 bits per heavy atom. The van der Waals surface area contributed by atoms with Crippen molar-refractivity contribution in [1.82, 2.24) is 0 Å². The van der Waals surface area contributed by atoms with E-state index in [1.807, 2.05) is 109 Å². The van der Waals surface area contributed by atoms with Crippen molar-refractivity contribution < 1.29 is 28.9 Å². The van der Waals surface area contributed by atoms with E-state index in [0.717, 1.165) is 32.7 Å². The lowest BCUT2D eigenvalue weighted by molar-refractivity contribution is -0.313. The highest BCUT2D eigenvalue weighted by Gasteiger charge is 2.38. The minimum absolute atomic E-state index is 0.0913. The number of hydrogen-bond acceptors (Lipinski definition) is 10. The van der Waals surface area contributed by atoms with Gasteiger partial charge in [0.2, 0.25) is 0 Å². The zero-order valence-electron chi connectivity index (χ0n) is 36.6. The summed E-state index contributed by atoms with van der Waals surface area (Å²) in [6, 6.07) is 38.0. The van der Waals surface area contributed by atoms with Gasteiger partial charge >= 0.3 is 5.97 Å². The highest BCUT2D eigenvalue weighted by molar-refractivity contribution is 7.99. The van der Waals surface area contributed by atoms with E-state index < -0.39 is 5.97 Å². The lowest BCUT2D eigenvalue weighted by atomic mass is 9.82. The third-order valence-corrected chi connectivity index (χ3v) is 12.8. The van der Waals surface area contributed by atoms with Crippen molar-refractivity contribution in [3.8, 4) is 0 Å². The van der Waals surface area contributed by atoms with Gasteiger partial charge in [-0.25, -0.2) is 14.6 Å². The molecule has 1 aliphatic rings. The van der Waals surface area contributed by atoms with Crippen LogP contribution in [-0.4, -0.2) is 30.6 Å². The minimum atomic E-state index is -0.495. The number of hydrogen-bond donors (Lipinski definition) is 2. The van der Waals surface area contributed by atoms with Crippen LogP contribution in [0.25, 0.3) is 12.2 Å². The number of anilines is 2. The summed E-state index contributed by atoms with van der Waals surface area (Å²) < 4.78 is 5.78. The van der Waals surface area contributed by atoms with Gasteiger partial charge in [0.1, 0.15) is 19.8 Å². The van der Waals surface area contributed by atoms with Gasteiger partial charge in [0, 0.05) is 55.2 Å². The number of rotatable bonds is 20. The van der Waals surface area contributed by atoms with Crippen LogP contribution in [-0.2, 0) is 34.3 Å². The molecule has 6 aromatic rings. The van der Waals surface area contributed by atoms with Crippen LogP contribution in [0.2, 0.25) is 0 Å². The van der Waals surface area contributed by atoms with Crippen LogP contribution in [0.15, 0.2) is 154 Å². The largest absolute Gasteiger partial charge is 0.457 e. The maximum atomic E-state index is 15.4. The smallest absolute Gasteiger partial charge is 0.339 e. The van der Waals surface area contributed by atoms with Crippen LogP contribution >= 0.6 is 23.5 Å². The van der Waals surface area contributed by atoms with Crippen molar-refractivity contribution in [3.05, 3.63) is 190 Å². The summed E-state index contributed by atoms with van der Waals surface area (Å²) in [5, 5.41) is 6.95. The Kier molecular flexibility index (Phi) is 15.4. The number of ketones is 2. The Hall–Kier alpha value is -6.17. The first-order chi connectivity index (χ1) is 31.0. The third kappa shape index (κ3) is 10.9. The lowest BCUT2D eigenvalue weighted by Crippen LogP contribution is -2.26. The normalized spacial score (nSPS) is 11.9. The molecule has 2 N–H and O–H groups in total. The van der Waals surface area contributed by atoms with Crippen LogP contribution in [0.5, 0.6) is 0 Å². The Morgan fingerprint density at radius 2 is 1.02 bits per heavy atom. The fourth-order valence-electron chi connectivity index (χ4n) is 7.06. The maximum Gasteiger partial charge on any atom is 0.339 e. The molecule has 7 rings (SSSR count). The number of ether oxygens (including phenoxy) is 1. The molecule has 326 valence electrons. The number of nitrogens with one attached hydrogen (secondary N) is 2. The molecule has 0 heterocycles. The van der Waals surface area contributed by atoms with E-state index in [9.17, 15) is 4.79 Å². The molecular formula is C54H52N2O6S2. The quantitative estimate of drug-likeness (QED) is 0.0333. The van der Waals surface area contributed by atoms with E-state index in [4.69, 9.17) is 14.5 Å². The highest BCUT2D eigenvalue weighted by Crippen LogP contribution is 2.46. The van der Waals surface area contributed by atoms with Gasteiger partial charge in [-0.1, -0.05) is 155 Å². The van der Waals surface area contributed by atoms with Gasteiger partial charge in [0.15, 0.2) is 11.6 Å². The number of fused-ring (bicyclic) bond motifs is 2. The molecule has 0 saturated carbocycles. The zero-order chi connectivity index (χ0) is 45.2. The van der Waals surface area contributed by atoms with E-state index >= 15 is 9.59 Å².